The topological polar surface area (TPSA) is 100 Å². The number of benzene rings is 1. The van der Waals surface area contributed by atoms with Crippen LogP contribution in [0.5, 0.6) is 0 Å². The maximum atomic E-state index is 13.6. The molecule has 4 heterocycles. The van der Waals surface area contributed by atoms with E-state index in [9.17, 15) is 14.7 Å². The van der Waals surface area contributed by atoms with Crippen molar-refractivity contribution in [2.75, 3.05) is 13.2 Å². The lowest BCUT2D eigenvalue weighted by atomic mass is 9.85. The third kappa shape index (κ3) is 3.94. The zero-order chi connectivity index (χ0) is 24.6. The fraction of sp³-hybridized carbons (Fsp3) is 0.429. The van der Waals surface area contributed by atoms with Crippen LogP contribution in [-0.4, -0.2) is 55.7 Å². The van der Waals surface area contributed by atoms with Gasteiger partial charge in [-0.15, -0.1) is 0 Å². The number of carbonyl (C=O) groups is 1. The maximum absolute atomic E-state index is 13.6. The summed E-state index contributed by atoms with van der Waals surface area (Å²) in [5.74, 6) is -0.651. The Morgan fingerprint density at radius 2 is 1.86 bits per heavy atom. The van der Waals surface area contributed by atoms with Crippen molar-refractivity contribution < 1.29 is 9.90 Å². The highest BCUT2D eigenvalue weighted by atomic mass is 16.3. The summed E-state index contributed by atoms with van der Waals surface area (Å²) in [6, 6.07) is 14.0. The van der Waals surface area contributed by atoms with E-state index < -0.39 is 5.92 Å². The molecule has 0 unspecified atom stereocenters. The van der Waals surface area contributed by atoms with E-state index in [4.69, 9.17) is 0 Å². The average molecular weight is 486 g/mol. The fourth-order valence-corrected chi connectivity index (χ4v) is 6.24. The number of carbonyl (C=O) groups excluding carboxylic acids is 1. The third-order valence-corrected chi connectivity index (χ3v) is 8.30. The highest BCUT2D eigenvalue weighted by molar-refractivity contribution is 5.81. The van der Waals surface area contributed by atoms with Gasteiger partial charge in [-0.25, -0.2) is 9.97 Å². The van der Waals surface area contributed by atoms with E-state index in [1.165, 1.54) is 11.9 Å². The third-order valence-electron chi connectivity index (χ3n) is 8.30. The van der Waals surface area contributed by atoms with Gasteiger partial charge >= 0.3 is 0 Å². The van der Waals surface area contributed by atoms with E-state index in [2.05, 4.69) is 32.3 Å². The number of hydrogen-bond donors (Lipinski definition) is 2. The van der Waals surface area contributed by atoms with Gasteiger partial charge in [-0.2, -0.15) is 0 Å². The van der Waals surface area contributed by atoms with Crippen molar-refractivity contribution in [2.45, 2.75) is 50.4 Å². The van der Waals surface area contributed by atoms with Gasteiger partial charge < -0.3 is 15.0 Å². The number of pyridine rings is 1. The maximum Gasteiger partial charge on any atom is 0.258 e. The fourth-order valence-electron chi connectivity index (χ4n) is 6.24. The van der Waals surface area contributed by atoms with Crippen molar-refractivity contribution in [3.05, 3.63) is 82.8 Å². The highest BCUT2D eigenvalue weighted by Crippen LogP contribution is 2.48. The Hall–Kier alpha value is -3.36. The van der Waals surface area contributed by atoms with Crippen molar-refractivity contribution in [2.24, 2.45) is 11.8 Å². The molecule has 2 bridgehead atoms. The standard InChI is InChI=1S/C28H31N5O3/c34-16-22-24-15-33-23(10-9-21(28(33)36)19-13-29-17-30-14-19)26(25(22)27(35)31-20-7-4-8-20)32(24)12-11-18-5-2-1-3-6-18/h1-3,5-6,9-10,13-14,17,20,22,24-26,34H,4,7-8,11-12,15-16H2,(H,31,35)/t22-,24-,25+,26+/m1/s1. The Balaban J connectivity index is 1.39. The van der Waals surface area contributed by atoms with E-state index in [1.807, 2.05) is 34.9 Å². The molecule has 0 radical (unpaired) electrons. The predicted octanol–water partition coefficient (Wildman–Crippen LogP) is 2.18. The second-order valence-electron chi connectivity index (χ2n) is 10.2. The summed E-state index contributed by atoms with van der Waals surface area (Å²) in [6.45, 7) is 1.11. The first kappa shape index (κ1) is 23.1. The first-order valence-corrected chi connectivity index (χ1v) is 12.9. The summed E-state index contributed by atoms with van der Waals surface area (Å²) in [5.41, 5.74) is 3.20. The molecule has 6 rings (SSSR count). The van der Waals surface area contributed by atoms with Gasteiger partial charge in [0.2, 0.25) is 5.91 Å². The van der Waals surface area contributed by atoms with Gasteiger partial charge in [0.05, 0.1) is 17.5 Å². The second kappa shape index (κ2) is 9.59. The SMILES string of the molecule is O=C(NC1CCC1)[C@H]1[C@H](CO)[C@H]2Cn3c(ccc(-c4cncnc4)c3=O)[C@@H]1N2CCc1ccccc1. The molecule has 186 valence electrons. The highest BCUT2D eigenvalue weighted by Gasteiger charge is 2.55. The molecule has 1 aromatic carbocycles. The van der Waals surface area contributed by atoms with Crippen LogP contribution >= 0.6 is 0 Å². The van der Waals surface area contributed by atoms with Gasteiger partial charge in [-0.3, -0.25) is 14.5 Å². The number of nitrogens with one attached hydrogen (secondary N) is 1. The van der Waals surface area contributed by atoms with Crippen LogP contribution in [0.1, 0.15) is 36.6 Å². The summed E-state index contributed by atoms with van der Waals surface area (Å²) in [7, 11) is 0. The van der Waals surface area contributed by atoms with Crippen LogP contribution in [0, 0.1) is 11.8 Å². The molecule has 8 heteroatoms. The van der Waals surface area contributed by atoms with Crippen LogP contribution in [0.3, 0.4) is 0 Å². The number of aliphatic hydroxyl groups excluding tert-OH is 1. The number of nitrogens with zero attached hydrogens (tertiary/aromatic N) is 4. The molecule has 2 aromatic heterocycles. The van der Waals surface area contributed by atoms with E-state index >= 15 is 0 Å². The van der Waals surface area contributed by atoms with Crippen LogP contribution in [0.4, 0.5) is 0 Å². The van der Waals surface area contributed by atoms with Gasteiger partial charge in [-0.1, -0.05) is 30.3 Å². The normalized spacial score (nSPS) is 25.2. The van der Waals surface area contributed by atoms with Gasteiger partial charge in [0, 0.05) is 61.3 Å². The Labute approximate surface area is 210 Å². The zero-order valence-electron chi connectivity index (χ0n) is 20.2. The molecule has 36 heavy (non-hydrogen) atoms. The van der Waals surface area contributed by atoms with Crippen molar-refractivity contribution in [3.63, 3.8) is 0 Å². The minimum absolute atomic E-state index is 0.00241. The lowest BCUT2D eigenvalue weighted by Crippen LogP contribution is -2.47. The van der Waals surface area contributed by atoms with Crippen molar-refractivity contribution >= 4 is 5.91 Å². The number of hydrogen-bond acceptors (Lipinski definition) is 6. The smallest absolute Gasteiger partial charge is 0.258 e. The zero-order valence-corrected chi connectivity index (χ0v) is 20.2. The van der Waals surface area contributed by atoms with Crippen molar-refractivity contribution in [1.29, 1.82) is 0 Å². The van der Waals surface area contributed by atoms with Crippen LogP contribution in [0.2, 0.25) is 0 Å². The molecule has 3 aliphatic rings. The number of rotatable bonds is 7. The molecular formula is C28H31N5O3. The molecule has 1 amide bonds. The second-order valence-corrected chi connectivity index (χ2v) is 10.2. The number of aliphatic hydroxyl groups is 1. The molecule has 2 N–H and O–H groups in total. The van der Waals surface area contributed by atoms with E-state index in [-0.39, 0.29) is 42.1 Å². The predicted molar refractivity (Wildman–Crippen MR) is 135 cm³/mol. The van der Waals surface area contributed by atoms with Gasteiger partial charge in [0.1, 0.15) is 6.33 Å². The molecular weight excluding hydrogens is 454 g/mol. The molecule has 2 aliphatic heterocycles. The van der Waals surface area contributed by atoms with Crippen LogP contribution < -0.4 is 10.9 Å². The van der Waals surface area contributed by atoms with E-state index in [0.717, 1.165) is 37.9 Å². The summed E-state index contributed by atoms with van der Waals surface area (Å²) in [5, 5.41) is 13.7. The number of aromatic nitrogens is 3. The summed E-state index contributed by atoms with van der Waals surface area (Å²) in [4.78, 5) is 37.8. The lowest BCUT2D eigenvalue weighted by Gasteiger charge is -2.38. The molecule has 8 nitrogen and oxygen atoms in total. The molecule has 4 atom stereocenters. The molecule has 2 fully saturated rings. The molecule has 1 saturated heterocycles. The van der Waals surface area contributed by atoms with E-state index in [0.29, 0.717) is 17.7 Å². The summed E-state index contributed by atoms with van der Waals surface area (Å²) in [6.07, 6.45) is 8.73. The molecule has 1 saturated carbocycles. The minimum atomic E-state index is -0.407. The van der Waals surface area contributed by atoms with Crippen molar-refractivity contribution in [3.8, 4) is 11.1 Å². The van der Waals surface area contributed by atoms with Gasteiger partial charge in [0.15, 0.2) is 0 Å². The monoisotopic (exact) mass is 485 g/mol. The molecule has 3 aromatic rings. The Kier molecular flexibility index (Phi) is 6.15. The molecule has 1 aliphatic carbocycles. The quantitative estimate of drug-likeness (QED) is 0.532. The van der Waals surface area contributed by atoms with Crippen molar-refractivity contribution in [1.82, 2.24) is 24.8 Å². The van der Waals surface area contributed by atoms with Gasteiger partial charge in [0.25, 0.3) is 5.56 Å². The van der Waals surface area contributed by atoms with Crippen LogP contribution in [0.15, 0.2) is 66.0 Å². The Morgan fingerprint density at radius 3 is 2.56 bits per heavy atom. The summed E-state index contributed by atoms with van der Waals surface area (Å²) < 4.78 is 1.82. The lowest BCUT2D eigenvalue weighted by molar-refractivity contribution is -0.128. The van der Waals surface area contributed by atoms with Crippen LogP contribution in [-0.2, 0) is 17.8 Å². The number of amides is 1. The largest absolute Gasteiger partial charge is 0.396 e. The van der Waals surface area contributed by atoms with Crippen LogP contribution in [0.25, 0.3) is 11.1 Å². The summed E-state index contributed by atoms with van der Waals surface area (Å²) >= 11 is 0. The Morgan fingerprint density at radius 1 is 1.08 bits per heavy atom. The first-order chi connectivity index (χ1) is 17.7. The average Bonchev–Trinajstić information content (AvgIpc) is 3.11. The first-order valence-electron chi connectivity index (χ1n) is 12.9. The Bertz CT molecular complexity index is 1290. The minimum Gasteiger partial charge on any atom is -0.396 e. The van der Waals surface area contributed by atoms with Gasteiger partial charge in [-0.05, 0) is 43.4 Å². The van der Waals surface area contributed by atoms with E-state index in [1.54, 1.807) is 12.4 Å². The number of fused-ring (bicyclic) bond motifs is 4. The molecule has 0 spiro atoms.